The van der Waals surface area contributed by atoms with Gasteiger partial charge in [0.15, 0.2) is 0 Å². The van der Waals surface area contributed by atoms with Crippen molar-refractivity contribution in [2.45, 2.75) is 38.5 Å². The first kappa shape index (κ1) is 16.7. The van der Waals surface area contributed by atoms with Gasteiger partial charge in [0.1, 0.15) is 6.10 Å². The Morgan fingerprint density at radius 1 is 1.08 bits per heavy atom. The molecule has 0 aromatic heterocycles. The smallest absolute Gasteiger partial charge is 0.407 e. The van der Waals surface area contributed by atoms with Crippen molar-refractivity contribution in [3.63, 3.8) is 0 Å². The third-order valence-corrected chi connectivity index (χ3v) is 7.02. The third kappa shape index (κ3) is 4.04. The number of benzene rings is 2. The lowest BCUT2D eigenvalue weighted by Crippen LogP contribution is -2.47. The van der Waals surface area contributed by atoms with E-state index in [2.05, 4.69) is 60.8 Å². The second-order valence-corrected chi connectivity index (χ2v) is 8.63. The summed E-state index contributed by atoms with van der Waals surface area (Å²) in [5, 5.41) is 5.29. The highest BCUT2D eigenvalue weighted by atomic mass is 28.3. The van der Waals surface area contributed by atoms with Gasteiger partial charge in [-0.3, -0.25) is 0 Å². The van der Waals surface area contributed by atoms with Crippen molar-refractivity contribution >= 4 is 25.5 Å². The summed E-state index contributed by atoms with van der Waals surface area (Å²) in [5.74, 6) is 0. The van der Waals surface area contributed by atoms with E-state index in [-0.39, 0.29) is 24.3 Å². The molecule has 1 amide bonds. The number of hydrogen-bond acceptors (Lipinski definition) is 3. The van der Waals surface area contributed by atoms with Crippen LogP contribution in [0.15, 0.2) is 60.7 Å². The Kier molecular flexibility index (Phi) is 5.33. The van der Waals surface area contributed by atoms with Crippen molar-refractivity contribution in [1.82, 2.24) is 5.32 Å². The minimum absolute atomic E-state index is 0.0160. The maximum absolute atomic E-state index is 11.3. The molecule has 1 aliphatic rings. The second kappa shape index (κ2) is 7.64. The van der Waals surface area contributed by atoms with Crippen molar-refractivity contribution in [2.24, 2.45) is 0 Å². The van der Waals surface area contributed by atoms with Crippen LogP contribution < -0.4 is 15.7 Å². The molecule has 0 aliphatic carbocycles. The van der Waals surface area contributed by atoms with Gasteiger partial charge in [0, 0.05) is 12.5 Å². The molecule has 2 aromatic carbocycles. The highest BCUT2D eigenvalue weighted by Crippen LogP contribution is 2.16. The van der Waals surface area contributed by atoms with Crippen LogP contribution in [-0.2, 0) is 9.16 Å². The standard InChI is InChI=1S/C19H23NO3Si/c1-14(13-18-15(2)20-19(21)22-18)23-24(16-9-5-3-6-10-16)17-11-7-4-8-12-17/h3-12,14-15,18,24H,13H2,1-2H3,(H,20,21)/t14-,15-,18?/m0/s1. The SMILES string of the molecule is C[C@@H]1NC(=O)OC1C[C@H](C)O[SiH](c1ccccc1)c1ccccc1. The average Bonchev–Trinajstić information content (AvgIpc) is 2.91. The minimum atomic E-state index is -1.77. The molecule has 126 valence electrons. The molecule has 1 saturated heterocycles. The fourth-order valence-corrected chi connectivity index (χ4v) is 5.44. The lowest BCUT2D eigenvalue weighted by Gasteiger charge is -2.24. The van der Waals surface area contributed by atoms with Gasteiger partial charge in [-0.2, -0.15) is 0 Å². The first-order valence-electron chi connectivity index (χ1n) is 8.36. The number of carbonyl (C=O) groups excluding carboxylic acids is 1. The van der Waals surface area contributed by atoms with Gasteiger partial charge in [0.2, 0.25) is 9.04 Å². The zero-order valence-electron chi connectivity index (χ0n) is 14.0. The first-order chi connectivity index (χ1) is 11.6. The number of ether oxygens (including phenoxy) is 1. The first-order valence-corrected chi connectivity index (χ1v) is 9.98. The lowest BCUT2D eigenvalue weighted by atomic mass is 10.1. The fourth-order valence-electron chi connectivity index (χ4n) is 3.02. The summed E-state index contributed by atoms with van der Waals surface area (Å²) in [6.45, 7) is 4.02. The molecule has 5 heteroatoms. The Hall–Kier alpha value is -2.11. The molecular formula is C19H23NO3Si. The van der Waals surface area contributed by atoms with E-state index >= 15 is 0 Å². The number of amides is 1. The maximum atomic E-state index is 11.3. The van der Waals surface area contributed by atoms with Gasteiger partial charge in [-0.05, 0) is 24.2 Å². The molecule has 0 saturated carbocycles. The molecule has 1 N–H and O–H groups in total. The molecule has 0 radical (unpaired) electrons. The Labute approximate surface area is 144 Å². The fraction of sp³-hybridized carbons (Fsp3) is 0.316. The van der Waals surface area contributed by atoms with Crippen LogP contribution in [0, 0.1) is 0 Å². The molecule has 1 aliphatic heterocycles. The molecule has 2 aromatic rings. The van der Waals surface area contributed by atoms with Crippen molar-refractivity contribution in [2.75, 3.05) is 0 Å². The molecule has 0 bridgehead atoms. The van der Waals surface area contributed by atoms with Crippen LogP contribution in [0.1, 0.15) is 20.3 Å². The third-order valence-electron chi connectivity index (χ3n) is 4.30. The number of hydrogen-bond donors (Lipinski definition) is 1. The van der Waals surface area contributed by atoms with Gasteiger partial charge in [0.05, 0.1) is 6.04 Å². The van der Waals surface area contributed by atoms with E-state index in [1.54, 1.807) is 0 Å². The van der Waals surface area contributed by atoms with Gasteiger partial charge in [-0.15, -0.1) is 0 Å². The average molecular weight is 341 g/mol. The number of alkyl carbamates (subject to hydrolysis) is 1. The monoisotopic (exact) mass is 341 g/mol. The van der Waals surface area contributed by atoms with Gasteiger partial charge in [0.25, 0.3) is 0 Å². The van der Waals surface area contributed by atoms with Crippen molar-refractivity contribution in [3.8, 4) is 0 Å². The molecule has 24 heavy (non-hydrogen) atoms. The van der Waals surface area contributed by atoms with Crippen molar-refractivity contribution in [1.29, 1.82) is 0 Å². The number of rotatable bonds is 6. The lowest BCUT2D eigenvalue weighted by molar-refractivity contribution is 0.0937. The summed E-state index contributed by atoms with van der Waals surface area (Å²) in [7, 11) is -1.77. The van der Waals surface area contributed by atoms with E-state index < -0.39 is 9.04 Å². The van der Waals surface area contributed by atoms with E-state index in [4.69, 9.17) is 9.16 Å². The summed E-state index contributed by atoms with van der Waals surface area (Å²) >= 11 is 0. The summed E-state index contributed by atoms with van der Waals surface area (Å²) in [4.78, 5) is 11.3. The van der Waals surface area contributed by atoms with E-state index in [0.29, 0.717) is 6.42 Å². The summed E-state index contributed by atoms with van der Waals surface area (Å²) < 4.78 is 11.8. The zero-order chi connectivity index (χ0) is 16.9. The summed E-state index contributed by atoms with van der Waals surface area (Å²) in [6, 6.07) is 20.8. The second-order valence-electron chi connectivity index (χ2n) is 6.26. The van der Waals surface area contributed by atoms with Gasteiger partial charge in [-0.1, -0.05) is 60.7 Å². The number of carbonyl (C=O) groups is 1. The highest BCUT2D eigenvalue weighted by Gasteiger charge is 2.32. The topological polar surface area (TPSA) is 47.6 Å². The van der Waals surface area contributed by atoms with E-state index in [1.807, 2.05) is 19.1 Å². The Morgan fingerprint density at radius 2 is 1.62 bits per heavy atom. The molecule has 1 unspecified atom stereocenters. The van der Waals surface area contributed by atoms with E-state index in [1.165, 1.54) is 10.4 Å². The van der Waals surface area contributed by atoms with Crippen LogP contribution >= 0.6 is 0 Å². The maximum Gasteiger partial charge on any atom is 0.407 e. The zero-order valence-corrected chi connectivity index (χ0v) is 15.2. The van der Waals surface area contributed by atoms with E-state index in [9.17, 15) is 4.79 Å². The Balaban J connectivity index is 1.73. The molecule has 0 spiro atoms. The van der Waals surface area contributed by atoms with Crippen LogP contribution in [0.2, 0.25) is 0 Å². The quantitative estimate of drug-likeness (QED) is 0.816. The van der Waals surface area contributed by atoms with E-state index in [0.717, 1.165) is 0 Å². The Morgan fingerprint density at radius 3 is 2.08 bits per heavy atom. The Bertz CT molecular complexity index is 625. The van der Waals surface area contributed by atoms with Crippen LogP contribution in [0.4, 0.5) is 4.79 Å². The largest absolute Gasteiger partial charge is 0.444 e. The summed E-state index contributed by atoms with van der Waals surface area (Å²) in [6.07, 6.45) is 0.249. The molecule has 1 fully saturated rings. The highest BCUT2D eigenvalue weighted by molar-refractivity contribution is 6.80. The van der Waals surface area contributed by atoms with Gasteiger partial charge in [-0.25, -0.2) is 4.79 Å². The van der Waals surface area contributed by atoms with Crippen LogP contribution in [0.5, 0.6) is 0 Å². The van der Waals surface area contributed by atoms with Crippen LogP contribution in [0.25, 0.3) is 0 Å². The van der Waals surface area contributed by atoms with Crippen LogP contribution in [-0.4, -0.2) is 33.4 Å². The molecule has 3 rings (SSSR count). The summed E-state index contributed by atoms with van der Waals surface area (Å²) in [5.41, 5.74) is 0. The molecule has 1 heterocycles. The minimum Gasteiger partial charge on any atom is -0.444 e. The molecular weight excluding hydrogens is 318 g/mol. The normalized spacial score (nSPS) is 21.4. The predicted octanol–water partition coefficient (Wildman–Crippen LogP) is 1.82. The predicted molar refractivity (Wildman–Crippen MR) is 97.3 cm³/mol. The van der Waals surface area contributed by atoms with Gasteiger partial charge < -0.3 is 14.5 Å². The molecule has 4 nitrogen and oxygen atoms in total. The number of nitrogens with one attached hydrogen (secondary N) is 1. The molecule has 3 atom stereocenters. The van der Waals surface area contributed by atoms with Crippen molar-refractivity contribution < 1.29 is 14.0 Å². The van der Waals surface area contributed by atoms with Crippen molar-refractivity contribution in [3.05, 3.63) is 60.7 Å². The van der Waals surface area contributed by atoms with Crippen LogP contribution in [0.3, 0.4) is 0 Å². The van der Waals surface area contributed by atoms with Gasteiger partial charge >= 0.3 is 6.09 Å². The number of cyclic esters (lactones) is 1.